The Hall–Kier alpha value is -2.13. The molecule has 0 aliphatic rings. The number of nitrogens with zero attached hydrogens (tertiary/aromatic N) is 5. The van der Waals surface area contributed by atoms with Crippen LogP contribution in [0.3, 0.4) is 0 Å². The van der Waals surface area contributed by atoms with E-state index in [1.165, 1.54) is 0 Å². The van der Waals surface area contributed by atoms with E-state index >= 15 is 0 Å². The number of hydrogen-bond acceptors (Lipinski definition) is 6. The molecule has 0 radical (unpaired) electrons. The van der Waals surface area contributed by atoms with Crippen LogP contribution in [-0.2, 0) is 0 Å². The molecule has 12 heavy (non-hydrogen) atoms. The predicted molar refractivity (Wildman–Crippen MR) is 29.8 cm³/mol. The van der Waals surface area contributed by atoms with Gasteiger partial charge >= 0.3 is 11.6 Å². The lowest BCUT2D eigenvalue weighted by molar-refractivity contribution is -0.430. The van der Waals surface area contributed by atoms with Gasteiger partial charge in [-0.2, -0.15) is 0 Å². The fourth-order valence-corrected chi connectivity index (χ4v) is 0.518. The molecule has 0 amide bonds. The molecule has 0 aliphatic carbocycles. The van der Waals surface area contributed by atoms with Gasteiger partial charge in [0.1, 0.15) is 10.0 Å². The summed E-state index contributed by atoms with van der Waals surface area (Å²) >= 11 is 0. The molecule has 0 aromatic carbocycles. The molecule has 0 fully saturated rings. The van der Waals surface area contributed by atoms with Gasteiger partial charge in [0.2, 0.25) is 0 Å². The van der Waals surface area contributed by atoms with E-state index in [2.05, 4.69) is 10.3 Å². The molecule has 0 saturated carbocycles. The van der Waals surface area contributed by atoms with E-state index in [1.54, 1.807) is 0 Å². The van der Waals surface area contributed by atoms with Crippen LogP contribution in [0, 0.1) is 20.2 Å². The zero-order chi connectivity index (χ0) is 9.30. The van der Waals surface area contributed by atoms with Crippen LogP contribution in [0.5, 0.6) is 0 Å². The molecule has 0 spiro atoms. The maximum absolute atomic E-state index is 12.2. The zero-order valence-corrected chi connectivity index (χ0v) is 5.25. The molecular formula is C2FN5O4. The van der Waals surface area contributed by atoms with Gasteiger partial charge in [-0.1, -0.05) is 0 Å². The molecule has 0 bridgehead atoms. The summed E-state index contributed by atoms with van der Waals surface area (Å²) in [4.78, 5) is 16.7. The Morgan fingerprint density at radius 2 is 1.92 bits per heavy atom. The standard InChI is InChI=1S/C2FN5O4/c3-6-2(8(11)12)1(4-5-6)7(9)10. The average Bonchev–Trinajstić information content (AvgIpc) is 2.30. The maximum atomic E-state index is 12.2. The topological polar surface area (TPSA) is 117 Å². The SMILES string of the molecule is O=[N+]([O-])c1nnn(F)c1[N+](=O)[O-]. The smallest absolute Gasteiger partial charge is 0.358 e. The molecule has 64 valence electrons. The lowest BCUT2D eigenvalue weighted by atomic mass is 10.7. The third-order valence-corrected chi connectivity index (χ3v) is 0.939. The molecular weight excluding hydrogens is 177 g/mol. The summed E-state index contributed by atoms with van der Waals surface area (Å²) in [6.07, 6.45) is 0. The number of aromatic nitrogens is 3. The number of hydrogen-bond donors (Lipinski definition) is 0. The Bertz CT molecular complexity index is 345. The Kier molecular flexibility index (Phi) is 1.65. The molecule has 1 aromatic rings. The summed E-state index contributed by atoms with van der Waals surface area (Å²) in [5, 5.41) is 25.0. The second-order valence-corrected chi connectivity index (χ2v) is 1.61. The van der Waals surface area contributed by atoms with Crippen molar-refractivity contribution in [1.29, 1.82) is 0 Å². The van der Waals surface area contributed by atoms with Crippen LogP contribution in [0.25, 0.3) is 0 Å². The van der Waals surface area contributed by atoms with Crippen molar-refractivity contribution in [2.24, 2.45) is 0 Å². The molecule has 0 unspecified atom stereocenters. The Balaban J connectivity index is 3.31. The largest absolute Gasteiger partial charge is 0.493 e. The van der Waals surface area contributed by atoms with Crippen molar-refractivity contribution < 1.29 is 14.3 Å². The molecule has 0 saturated heterocycles. The summed E-state index contributed by atoms with van der Waals surface area (Å²) in [6.45, 7) is 0. The molecule has 1 aromatic heterocycles. The highest BCUT2D eigenvalue weighted by Gasteiger charge is 2.35. The maximum Gasteiger partial charge on any atom is 0.493 e. The van der Waals surface area contributed by atoms with E-state index in [0.717, 1.165) is 0 Å². The third-order valence-electron chi connectivity index (χ3n) is 0.939. The van der Waals surface area contributed by atoms with Crippen molar-refractivity contribution in [3.63, 3.8) is 0 Å². The van der Waals surface area contributed by atoms with Crippen LogP contribution in [0.1, 0.15) is 0 Å². The van der Waals surface area contributed by atoms with Crippen LogP contribution < -0.4 is 0 Å². The van der Waals surface area contributed by atoms with Crippen molar-refractivity contribution in [1.82, 2.24) is 15.2 Å². The Labute approximate surface area is 62.6 Å². The number of rotatable bonds is 2. The van der Waals surface area contributed by atoms with Gasteiger partial charge in [-0.15, -0.1) is 0 Å². The fraction of sp³-hybridized carbons (Fsp3) is 0. The van der Waals surface area contributed by atoms with Gasteiger partial charge in [-0.05, 0) is 9.85 Å². The van der Waals surface area contributed by atoms with Crippen molar-refractivity contribution in [3.05, 3.63) is 20.2 Å². The van der Waals surface area contributed by atoms with Crippen molar-refractivity contribution in [3.8, 4) is 0 Å². The highest BCUT2D eigenvalue weighted by Crippen LogP contribution is 2.22. The van der Waals surface area contributed by atoms with E-state index < -0.39 is 26.4 Å². The van der Waals surface area contributed by atoms with Crippen LogP contribution in [-0.4, -0.2) is 25.1 Å². The normalized spacial score (nSPS) is 9.75. The van der Waals surface area contributed by atoms with E-state index in [9.17, 15) is 24.7 Å². The minimum atomic E-state index is -1.39. The zero-order valence-electron chi connectivity index (χ0n) is 5.25. The van der Waals surface area contributed by atoms with Crippen LogP contribution in [0.15, 0.2) is 0 Å². The molecule has 10 heteroatoms. The summed E-state index contributed by atoms with van der Waals surface area (Å²) < 4.78 is 12.2. The van der Waals surface area contributed by atoms with Crippen LogP contribution in [0.4, 0.5) is 16.1 Å². The van der Waals surface area contributed by atoms with Gasteiger partial charge in [-0.3, -0.25) is 0 Å². The summed E-state index contributed by atoms with van der Waals surface area (Å²) in [5.41, 5.74) is 0. The second-order valence-electron chi connectivity index (χ2n) is 1.61. The van der Waals surface area contributed by atoms with Crippen molar-refractivity contribution in [2.45, 2.75) is 0 Å². The van der Waals surface area contributed by atoms with Gasteiger partial charge in [0.15, 0.2) is 5.21 Å². The Morgan fingerprint density at radius 3 is 2.25 bits per heavy atom. The number of halogens is 1. The van der Waals surface area contributed by atoms with Crippen molar-refractivity contribution in [2.75, 3.05) is 0 Å². The highest BCUT2D eigenvalue weighted by molar-refractivity contribution is 5.37. The Morgan fingerprint density at radius 1 is 1.33 bits per heavy atom. The third kappa shape index (κ3) is 1.04. The van der Waals surface area contributed by atoms with Crippen LogP contribution >= 0.6 is 0 Å². The first-order valence-electron chi connectivity index (χ1n) is 2.44. The summed E-state index contributed by atoms with van der Waals surface area (Å²) in [6, 6.07) is 0. The minimum Gasteiger partial charge on any atom is -0.358 e. The van der Waals surface area contributed by atoms with Gasteiger partial charge in [-0.25, -0.2) is 0 Å². The lowest BCUT2D eigenvalue weighted by Crippen LogP contribution is -1.98. The highest BCUT2D eigenvalue weighted by atomic mass is 19.2. The molecule has 9 nitrogen and oxygen atoms in total. The fourth-order valence-electron chi connectivity index (χ4n) is 0.518. The van der Waals surface area contributed by atoms with Gasteiger partial charge in [0, 0.05) is 4.48 Å². The first-order chi connectivity index (χ1) is 5.54. The summed E-state index contributed by atoms with van der Waals surface area (Å²) in [7, 11) is 0. The minimum absolute atomic E-state index is 0.766. The molecule has 0 N–H and O–H groups in total. The summed E-state index contributed by atoms with van der Waals surface area (Å²) in [5.74, 6) is -2.61. The monoisotopic (exact) mass is 177 g/mol. The molecule has 0 aliphatic heterocycles. The predicted octanol–water partition coefficient (Wildman–Crippen LogP) is -0.173. The lowest BCUT2D eigenvalue weighted by Gasteiger charge is -1.87. The first-order valence-corrected chi connectivity index (χ1v) is 2.44. The van der Waals surface area contributed by atoms with Gasteiger partial charge in [0.25, 0.3) is 0 Å². The number of nitro groups is 2. The molecule has 0 atom stereocenters. The average molecular weight is 177 g/mol. The quantitative estimate of drug-likeness (QED) is 0.457. The van der Waals surface area contributed by atoms with E-state index in [0.29, 0.717) is 0 Å². The van der Waals surface area contributed by atoms with Crippen LogP contribution in [0.2, 0.25) is 0 Å². The van der Waals surface area contributed by atoms with E-state index in [1.807, 2.05) is 0 Å². The van der Waals surface area contributed by atoms with Crippen molar-refractivity contribution >= 4 is 11.6 Å². The second kappa shape index (κ2) is 2.48. The van der Waals surface area contributed by atoms with Gasteiger partial charge in [0.05, 0.1) is 0 Å². The first kappa shape index (κ1) is 7.97. The van der Waals surface area contributed by atoms with Gasteiger partial charge < -0.3 is 20.2 Å². The van der Waals surface area contributed by atoms with E-state index in [4.69, 9.17) is 0 Å². The molecule has 1 rings (SSSR count). The molecule has 1 heterocycles. The van der Waals surface area contributed by atoms with E-state index in [-0.39, 0.29) is 0 Å².